The Morgan fingerprint density at radius 2 is 2.24 bits per heavy atom. The monoisotopic (exact) mass is 291 g/mol. The number of ether oxygens (including phenoxy) is 2. The van der Waals surface area contributed by atoms with Crippen LogP contribution >= 0.6 is 0 Å². The lowest BCUT2D eigenvalue weighted by Crippen LogP contribution is -2.24. The van der Waals surface area contributed by atoms with Crippen LogP contribution in [-0.4, -0.2) is 16.9 Å². The molecule has 2 N–H and O–H groups in total. The highest BCUT2D eigenvalue weighted by Gasteiger charge is 2.32. The Hall–Kier alpha value is -2.08. The molecule has 0 saturated heterocycles. The first-order chi connectivity index (χ1) is 10.0. The van der Waals surface area contributed by atoms with E-state index >= 15 is 0 Å². The molecule has 1 unspecified atom stereocenters. The van der Waals surface area contributed by atoms with Crippen LogP contribution in [0.1, 0.15) is 35.4 Å². The molecule has 2 aromatic rings. The number of aromatic nitrogens is 2. The second kappa shape index (κ2) is 5.04. The van der Waals surface area contributed by atoms with Gasteiger partial charge in [0.1, 0.15) is 17.7 Å². The molecule has 0 radical (unpaired) electrons. The number of hydrogen-bond donors (Lipinski definition) is 1. The lowest BCUT2D eigenvalue weighted by Gasteiger charge is -2.30. The molecule has 0 amide bonds. The third-order valence-corrected chi connectivity index (χ3v) is 3.84. The van der Waals surface area contributed by atoms with Gasteiger partial charge in [0, 0.05) is 25.1 Å². The number of nitrogens with two attached hydrogens (primary N) is 1. The number of benzene rings is 1. The SMILES string of the molecule is COc1c(C2C[C@@H](N)c3cc(F)ccc3O2)c(C)nn1C. The molecule has 21 heavy (non-hydrogen) atoms. The predicted molar refractivity (Wildman–Crippen MR) is 75.8 cm³/mol. The van der Waals surface area contributed by atoms with Gasteiger partial charge < -0.3 is 15.2 Å². The topological polar surface area (TPSA) is 62.3 Å². The van der Waals surface area contributed by atoms with E-state index in [1.165, 1.54) is 12.1 Å². The minimum atomic E-state index is -0.304. The highest BCUT2D eigenvalue weighted by atomic mass is 19.1. The van der Waals surface area contributed by atoms with Gasteiger partial charge in [0.2, 0.25) is 5.88 Å². The summed E-state index contributed by atoms with van der Waals surface area (Å²) in [4.78, 5) is 0. The summed E-state index contributed by atoms with van der Waals surface area (Å²) >= 11 is 0. The highest BCUT2D eigenvalue weighted by molar-refractivity contribution is 5.42. The van der Waals surface area contributed by atoms with Gasteiger partial charge in [-0.3, -0.25) is 0 Å². The van der Waals surface area contributed by atoms with Crippen LogP contribution in [0.4, 0.5) is 4.39 Å². The largest absolute Gasteiger partial charge is 0.485 e. The van der Waals surface area contributed by atoms with Crippen molar-refractivity contribution in [1.82, 2.24) is 9.78 Å². The van der Waals surface area contributed by atoms with Crippen LogP contribution in [0.5, 0.6) is 11.6 Å². The Labute approximate surface area is 122 Å². The number of methoxy groups -OCH3 is 1. The summed E-state index contributed by atoms with van der Waals surface area (Å²) in [5.74, 6) is 0.974. The van der Waals surface area contributed by atoms with Gasteiger partial charge in [-0.05, 0) is 25.1 Å². The Bertz CT molecular complexity index is 684. The maximum absolute atomic E-state index is 13.3. The second-order valence-electron chi connectivity index (χ2n) is 5.26. The van der Waals surface area contributed by atoms with Gasteiger partial charge in [0.25, 0.3) is 0 Å². The van der Waals surface area contributed by atoms with Crippen LogP contribution < -0.4 is 15.2 Å². The molecule has 0 aliphatic carbocycles. The quantitative estimate of drug-likeness (QED) is 0.923. The van der Waals surface area contributed by atoms with Gasteiger partial charge in [0.15, 0.2) is 0 Å². The Morgan fingerprint density at radius 3 is 2.95 bits per heavy atom. The minimum Gasteiger partial charge on any atom is -0.485 e. The molecule has 1 aliphatic heterocycles. The van der Waals surface area contributed by atoms with Crippen molar-refractivity contribution in [2.75, 3.05) is 7.11 Å². The van der Waals surface area contributed by atoms with Crippen molar-refractivity contribution < 1.29 is 13.9 Å². The number of aryl methyl sites for hydroxylation is 2. The summed E-state index contributed by atoms with van der Waals surface area (Å²) in [6.45, 7) is 1.91. The molecular formula is C15H18FN3O2. The molecule has 3 rings (SSSR count). The standard InChI is InChI=1S/C15H18FN3O2/c1-8-14(15(20-3)19(2)18-8)13-7-11(17)10-6-9(16)4-5-12(10)21-13/h4-6,11,13H,7,17H2,1-3H3/t11-,13?/m1/s1. The predicted octanol–water partition coefficient (Wildman–Crippen LogP) is 2.40. The van der Waals surface area contributed by atoms with E-state index in [4.69, 9.17) is 15.2 Å². The van der Waals surface area contributed by atoms with E-state index in [0.29, 0.717) is 23.6 Å². The van der Waals surface area contributed by atoms with Gasteiger partial charge in [0.05, 0.1) is 18.4 Å². The van der Waals surface area contributed by atoms with Crippen molar-refractivity contribution in [3.63, 3.8) is 0 Å². The molecule has 6 heteroatoms. The van der Waals surface area contributed by atoms with Crippen LogP contribution in [0.2, 0.25) is 0 Å². The van der Waals surface area contributed by atoms with Crippen LogP contribution in [-0.2, 0) is 7.05 Å². The van der Waals surface area contributed by atoms with Crippen LogP contribution in [0.3, 0.4) is 0 Å². The van der Waals surface area contributed by atoms with Gasteiger partial charge >= 0.3 is 0 Å². The van der Waals surface area contributed by atoms with Crippen LogP contribution in [0, 0.1) is 12.7 Å². The van der Waals surface area contributed by atoms with E-state index in [1.807, 2.05) is 14.0 Å². The molecule has 2 atom stereocenters. The summed E-state index contributed by atoms with van der Waals surface area (Å²) < 4.78 is 26.4. The third-order valence-electron chi connectivity index (χ3n) is 3.84. The van der Waals surface area contributed by atoms with Gasteiger partial charge in [-0.25, -0.2) is 9.07 Å². The van der Waals surface area contributed by atoms with Crippen molar-refractivity contribution in [2.24, 2.45) is 12.8 Å². The van der Waals surface area contributed by atoms with Crippen LogP contribution in [0.25, 0.3) is 0 Å². The average molecular weight is 291 g/mol. The van der Waals surface area contributed by atoms with Crippen molar-refractivity contribution in [2.45, 2.75) is 25.5 Å². The maximum atomic E-state index is 13.3. The first-order valence-corrected chi connectivity index (χ1v) is 6.80. The normalized spacial score (nSPS) is 20.8. The summed E-state index contributed by atoms with van der Waals surface area (Å²) in [7, 11) is 3.42. The fourth-order valence-electron chi connectivity index (χ4n) is 2.92. The summed E-state index contributed by atoms with van der Waals surface area (Å²) in [6, 6.07) is 4.15. The number of hydrogen-bond acceptors (Lipinski definition) is 4. The van der Waals surface area contributed by atoms with E-state index in [1.54, 1.807) is 17.9 Å². The summed E-state index contributed by atoms with van der Waals surface area (Å²) in [6.07, 6.45) is 0.306. The van der Waals surface area contributed by atoms with E-state index in [9.17, 15) is 4.39 Å². The zero-order valence-electron chi connectivity index (χ0n) is 12.3. The zero-order valence-corrected chi connectivity index (χ0v) is 12.3. The van der Waals surface area contributed by atoms with E-state index < -0.39 is 0 Å². The van der Waals surface area contributed by atoms with Crippen molar-refractivity contribution >= 4 is 0 Å². The van der Waals surface area contributed by atoms with Gasteiger partial charge in [-0.2, -0.15) is 5.10 Å². The molecule has 1 aliphatic rings. The lowest BCUT2D eigenvalue weighted by atomic mass is 9.93. The number of fused-ring (bicyclic) bond motifs is 1. The third kappa shape index (κ3) is 2.25. The molecule has 0 saturated carbocycles. The Balaban J connectivity index is 2.02. The molecule has 0 fully saturated rings. The molecule has 0 bridgehead atoms. The van der Waals surface area contributed by atoms with Gasteiger partial charge in [-0.1, -0.05) is 0 Å². The van der Waals surface area contributed by atoms with E-state index in [-0.39, 0.29) is 18.0 Å². The first-order valence-electron chi connectivity index (χ1n) is 6.80. The number of halogens is 1. The minimum absolute atomic E-state index is 0.249. The molecule has 0 spiro atoms. The van der Waals surface area contributed by atoms with Crippen molar-refractivity contribution in [3.8, 4) is 11.6 Å². The maximum Gasteiger partial charge on any atom is 0.218 e. The lowest BCUT2D eigenvalue weighted by molar-refractivity contribution is 0.156. The molecule has 1 aromatic carbocycles. The number of nitrogens with zero attached hydrogens (tertiary/aromatic N) is 2. The van der Waals surface area contributed by atoms with Gasteiger partial charge in [-0.15, -0.1) is 0 Å². The first kappa shape index (κ1) is 13.9. The van der Waals surface area contributed by atoms with Crippen molar-refractivity contribution in [3.05, 3.63) is 40.8 Å². The summed E-state index contributed by atoms with van der Waals surface area (Å²) in [5.41, 5.74) is 8.62. The Morgan fingerprint density at radius 1 is 1.48 bits per heavy atom. The molecule has 2 heterocycles. The van der Waals surface area contributed by atoms with Crippen molar-refractivity contribution in [1.29, 1.82) is 0 Å². The summed E-state index contributed by atoms with van der Waals surface area (Å²) in [5, 5.41) is 4.36. The zero-order chi connectivity index (χ0) is 15.1. The van der Waals surface area contributed by atoms with Crippen LogP contribution in [0.15, 0.2) is 18.2 Å². The fourth-order valence-corrected chi connectivity index (χ4v) is 2.92. The average Bonchev–Trinajstić information content (AvgIpc) is 2.73. The van der Waals surface area contributed by atoms with E-state index in [0.717, 1.165) is 11.3 Å². The molecule has 112 valence electrons. The smallest absolute Gasteiger partial charge is 0.218 e. The molecule has 1 aromatic heterocycles. The molecular weight excluding hydrogens is 273 g/mol. The second-order valence-corrected chi connectivity index (χ2v) is 5.26. The fraction of sp³-hybridized carbons (Fsp3) is 0.400. The highest BCUT2D eigenvalue weighted by Crippen LogP contribution is 2.43. The Kier molecular flexibility index (Phi) is 3.33. The molecule has 5 nitrogen and oxygen atoms in total. The van der Waals surface area contributed by atoms with E-state index in [2.05, 4.69) is 5.10 Å². The number of rotatable bonds is 2.